The van der Waals surface area contributed by atoms with Crippen molar-refractivity contribution in [3.05, 3.63) is 33.6 Å². The van der Waals surface area contributed by atoms with Crippen molar-refractivity contribution in [2.45, 2.75) is 25.1 Å². The smallest absolute Gasteiger partial charge is 0.370 e. The van der Waals surface area contributed by atoms with Crippen molar-refractivity contribution >= 4 is 23.5 Å². The predicted molar refractivity (Wildman–Crippen MR) is 70.5 cm³/mol. The monoisotopic (exact) mass is 316 g/mol. The largest absolute Gasteiger partial charge is 0.426 e. The zero-order valence-corrected chi connectivity index (χ0v) is 11.6. The van der Waals surface area contributed by atoms with Crippen molar-refractivity contribution in [1.82, 2.24) is 10.1 Å². The van der Waals surface area contributed by atoms with Crippen molar-refractivity contribution < 1.29 is 22.4 Å². The average molecular weight is 316 g/mol. The highest BCUT2D eigenvalue weighted by Gasteiger charge is 2.34. The van der Waals surface area contributed by atoms with Gasteiger partial charge in [-0.3, -0.25) is 0 Å². The highest BCUT2D eigenvalue weighted by atomic mass is 32.1. The summed E-state index contributed by atoms with van der Waals surface area (Å²) in [6, 6.07) is 1.40. The third-order valence-corrected chi connectivity index (χ3v) is 4.01. The van der Waals surface area contributed by atoms with Crippen LogP contribution in [0.5, 0.6) is 0 Å². The normalized spacial score (nSPS) is 19.7. The van der Waals surface area contributed by atoms with Gasteiger partial charge in [0, 0.05) is 12.7 Å². The number of thiophene rings is 1. The van der Waals surface area contributed by atoms with Crippen LogP contribution in [0, 0.1) is 0 Å². The molecule has 0 bridgehead atoms. The fourth-order valence-electron chi connectivity index (χ4n) is 2.07. The third kappa shape index (κ3) is 3.16. The summed E-state index contributed by atoms with van der Waals surface area (Å²) in [6.45, 7) is 0.661. The predicted octanol–water partition coefficient (Wildman–Crippen LogP) is 4.17. The number of nitrogens with zero attached hydrogens (tertiary/aromatic N) is 2. The van der Waals surface area contributed by atoms with E-state index in [4.69, 9.17) is 9.26 Å². The van der Waals surface area contributed by atoms with E-state index in [1.807, 2.05) is 0 Å². The Morgan fingerprint density at radius 3 is 2.90 bits per heavy atom. The molecule has 3 rings (SSSR count). The number of ether oxygens (including phenoxy) is 1. The minimum atomic E-state index is -4.36. The molecule has 1 saturated heterocycles. The van der Waals surface area contributed by atoms with Crippen LogP contribution in [-0.4, -0.2) is 16.7 Å². The molecule has 2 aromatic rings. The third-order valence-electron chi connectivity index (χ3n) is 3.03. The van der Waals surface area contributed by atoms with E-state index in [-0.39, 0.29) is 17.6 Å². The lowest BCUT2D eigenvalue weighted by Gasteiger charge is -2.03. The summed E-state index contributed by atoms with van der Waals surface area (Å²) in [5, 5.41) is 5.18. The SMILES string of the molecule is FC(F)(F)c1sccc1/C=C/c1nc(C2CCCO2)no1. The lowest BCUT2D eigenvalue weighted by Crippen LogP contribution is -2.03. The van der Waals surface area contributed by atoms with Crippen molar-refractivity contribution in [1.29, 1.82) is 0 Å². The number of hydrogen-bond donors (Lipinski definition) is 0. The molecule has 3 heterocycles. The summed E-state index contributed by atoms with van der Waals surface area (Å²) in [4.78, 5) is 3.48. The molecule has 112 valence electrons. The van der Waals surface area contributed by atoms with Crippen LogP contribution in [0.1, 0.15) is 41.1 Å². The van der Waals surface area contributed by atoms with Gasteiger partial charge in [-0.1, -0.05) is 5.16 Å². The van der Waals surface area contributed by atoms with Gasteiger partial charge in [-0.15, -0.1) is 11.3 Å². The fraction of sp³-hybridized carbons (Fsp3) is 0.385. The summed E-state index contributed by atoms with van der Waals surface area (Å²) < 4.78 is 48.6. The quantitative estimate of drug-likeness (QED) is 0.852. The Morgan fingerprint density at radius 2 is 2.19 bits per heavy atom. The van der Waals surface area contributed by atoms with Crippen LogP contribution in [0.15, 0.2) is 16.0 Å². The number of hydrogen-bond acceptors (Lipinski definition) is 5. The first-order valence-electron chi connectivity index (χ1n) is 6.32. The molecule has 1 atom stereocenters. The molecule has 0 aliphatic carbocycles. The summed E-state index contributed by atoms with van der Waals surface area (Å²) in [7, 11) is 0. The molecule has 0 saturated carbocycles. The second-order valence-electron chi connectivity index (χ2n) is 4.53. The fourth-order valence-corrected chi connectivity index (χ4v) is 2.83. The van der Waals surface area contributed by atoms with Gasteiger partial charge in [0.15, 0.2) is 0 Å². The topological polar surface area (TPSA) is 48.2 Å². The summed E-state index contributed by atoms with van der Waals surface area (Å²) in [5.41, 5.74) is 0.0874. The van der Waals surface area contributed by atoms with Crippen LogP contribution in [-0.2, 0) is 10.9 Å². The van der Waals surface area contributed by atoms with Crippen molar-refractivity contribution in [2.75, 3.05) is 6.61 Å². The second kappa shape index (κ2) is 5.61. The van der Waals surface area contributed by atoms with Crippen LogP contribution >= 0.6 is 11.3 Å². The van der Waals surface area contributed by atoms with Gasteiger partial charge < -0.3 is 9.26 Å². The minimum Gasteiger partial charge on any atom is -0.370 e. The number of alkyl halides is 3. The van der Waals surface area contributed by atoms with Crippen molar-refractivity contribution in [2.24, 2.45) is 0 Å². The van der Waals surface area contributed by atoms with Gasteiger partial charge >= 0.3 is 6.18 Å². The first-order valence-corrected chi connectivity index (χ1v) is 7.20. The van der Waals surface area contributed by atoms with E-state index >= 15 is 0 Å². The van der Waals surface area contributed by atoms with Crippen LogP contribution in [0.2, 0.25) is 0 Å². The van der Waals surface area contributed by atoms with Gasteiger partial charge in [0.1, 0.15) is 11.0 Å². The maximum Gasteiger partial charge on any atom is 0.426 e. The summed E-state index contributed by atoms with van der Waals surface area (Å²) in [6.07, 6.45) is -0.0668. The minimum absolute atomic E-state index is 0.0874. The second-order valence-corrected chi connectivity index (χ2v) is 5.44. The summed E-state index contributed by atoms with van der Waals surface area (Å²) >= 11 is 0.654. The molecule has 1 aliphatic heterocycles. The van der Waals surface area contributed by atoms with E-state index in [9.17, 15) is 13.2 Å². The van der Waals surface area contributed by atoms with E-state index in [1.165, 1.54) is 23.6 Å². The molecular formula is C13H11F3N2O2S. The molecule has 8 heteroatoms. The molecule has 2 aromatic heterocycles. The van der Waals surface area contributed by atoms with Gasteiger partial charge in [-0.2, -0.15) is 18.2 Å². The van der Waals surface area contributed by atoms with E-state index in [1.54, 1.807) is 0 Å². The lowest BCUT2D eigenvalue weighted by atomic mass is 10.2. The standard InChI is InChI=1S/C13H11F3N2O2S/c14-13(15,16)11-8(5-7-21-11)3-4-10-17-12(18-20-10)9-2-1-6-19-9/h3-5,7,9H,1-2,6H2/b4-3+. The van der Waals surface area contributed by atoms with Crippen molar-refractivity contribution in [3.8, 4) is 0 Å². The zero-order chi connectivity index (χ0) is 14.9. The Morgan fingerprint density at radius 1 is 1.33 bits per heavy atom. The molecular weight excluding hydrogens is 305 g/mol. The van der Waals surface area contributed by atoms with Crippen LogP contribution in [0.25, 0.3) is 12.2 Å². The van der Waals surface area contributed by atoms with E-state index in [0.29, 0.717) is 23.8 Å². The van der Waals surface area contributed by atoms with Crippen LogP contribution < -0.4 is 0 Å². The van der Waals surface area contributed by atoms with E-state index < -0.39 is 11.1 Å². The number of rotatable bonds is 3. The summed E-state index contributed by atoms with van der Waals surface area (Å²) in [5.74, 6) is 0.605. The van der Waals surface area contributed by atoms with Crippen molar-refractivity contribution in [3.63, 3.8) is 0 Å². The Bertz CT molecular complexity index is 642. The highest BCUT2D eigenvalue weighted by molar-refractivity contribution is 7.10. The molecule has 0 aromatic carbocycles. The molecule has 0 N–H and O–H groups in total. The maximum absolute atomic E-state index is 12.7. The van der Waals surface area contributed by atoms with E-state index in [2.05, 4.69) is 10.1 Å². The molecule has 4 nitrogen and oxygen atoms in total. The molecule has 1 unspecified atom stereocenters. The zero-order valence-electron chi connectivity index (χ0n) is 10.8. The molecule has 0 radical (unpaired) electrons. The molecule has 0 spiro atoms. The van der Waals surface area contributed by atoms with Gasteiger partial charge in [-0.25, -0.2) is 0 Å². The van der Waals surface area contributed by atoms with Gasteiger partial charge in [0.2, 0.25) is 5.82 Å². The van der Waals surface area contributed by atoms with Gasteiger partial charge in [-0.05, 0) is 35.9 Å². The maximum atomic E-state index is 12.7. The molecule has 1 aliphatic rings. The number of halogens is 3. The Kier molecular flexibility index (Phi) is 3.81. The average Bonchev–Trinajstić information content (AvgIpc) is 3.16. The first kappa shape index (κ1) is 14.3. The Hall–Kier alpha value is -1.67. The Labute approximate surface area is 122 Å². The highest BCUT2D eigenvalue weighted by Crippen LogP contribution is 2.36. The van der Waals surface area contributed by atoms with Crippen LogP contribution in [0.3, 0.4) is 0 Å². The Balaban J connectivity index is 1.76. The van der Waals surface area contributed by atoms with Gasteiger partial charge in [0.25, 0.3) is 5.89 Å². The van der Waals surface area contributed by atoms with E-state index in [0.717, 1.165) is 12.8 Å². The van der Waals surface area contributed by atoms with Crippen LogP contribution in [0.4, 0.5) is 13.2 Å². The first-order chi connectivity index (χ1) is 10.0. The lowest BCUT2D eigenvalue weighted by molar-refractivity contribution is -0.134. The molecule has 0 amide bonds. The number of aromatic nitrogens is 2. The molecule has 1 fully saturated rings. The molecule has 21 heavy (non-hydrogen) atoms. The van der Waals surface area contributed by atoms with Gasteiger partial charge in [0.05, 0.1) is 0 Å².